The van der Waals surface area contributed by atoms with Gasteiger partial charge in [0.15, 0.2) is 0 Å². The van der Waals surface area contributed by atoms with E-state index in [0.29, 0.717) is 23.5 Å². The van der Waals surface area contributed by atoms with Crippen molar-refractivity contribution in [1.29, 1.82) is 0 Å². The van der Waals surface area contributed by atoms with Gasteiger partial charge in [-0.05, 0) is 42.0 Å². The van der Waals surface area contributed by atoms with Gasteiger partial charge in [-0.25, -0.2) is 0 Å². The van der Waals surface area contributed by atoms with Crippen molar-refractivity contribution in [2.45, 2.75) is 6.04 Å². The number of phenols is 1. The van der Waals surface area contributed by atoms with Crippen molar-refractivity contribution < 1.29 is 34.4 Å². The minimum absolute atomic E-state index is 0.0343. The molecule has 1 fully saturated rings. The number of aliphatic hydroxyl groups excluding tert-OH is 2. The molecule has 32 heavy (non-hydrogen) atoms. The standard InChI is InChI=1S/C24H25NO7/c1-2-13-32-19-9-5-17(6-10-19)22(28)20-21(16-3-7-18(27)8-4-16)25(24(30)23(20)29)11-14-31-15-12-26/h2-10,21,26-28H,1,11-15H2/b22-20-. The van der Waals surface area contributed by atoms with E-state index in [1.54, 1.807) is 42.5 Å². The van der Waals surface area contributed by atoms with E-state index in [4.69, 9.17) is 14.6 Å². The van der Waals surface area contributed by atoms with Crippen LogP contribution in [-0.4, -0.2) is 64.9 Å². The first-order chi connectivity index (χ1) is 15.5. The summed E-state index contributed by atoms with van der Waals surface area (Å²) in [7, 11) is 0. The monoisotopic (exact) mass is 439 g/mol. The molecule has 1 aliphatic rings. The number of likely N-dealkylation sites (tertiary alicyclic amines) is 1. The number of nitrogens with zero attached hydrogens (tertiary/aromatic N) is 1. The summed E-state index contributed by atoms with van der Waals surface area (Å²) in [6, 6.07) is 11.7. The third kappa shape index (κ3) is 4.99. The maximum Gasteiger partial charge on any atom is 0.295 e. The van der Waals surface area contributed by atoms with E-state index < -0.39 is 17.7 Å². The molecule has 3 rings (SSSR count). The number of aromatic hydroxyl groups is 1. The first kappa shape index (κ1) is 23.1. The molecule has 0 bridgehead atoms. The molecule has 8 heteroatoms. The molecule has 0 radical (unpaired) electrons. The lowest BCUT2D eigenvalue weighted by atomic mass is 9.95. The summed E-state index contributed by atoms with van der Waals surface area (Å²) in [5.74, 6) is -1.28. The molecule has 8 nitrogen and oxygen atoms in total. The smallest absolute Gasteiger partial charge is 0.295 e. The molecule has 0 aliphatic carbocycles. The number of benzene rings is 2. The minimum Gasteiger partial charge on any atom is -0.508 e. The van der Waals surface area contributed by atoms with Gasteiger partial charge in [0.05, 0.1) is 31.4 Å². The highest BCUT2D eigenvalue weighted by molar-refractivity contribution is 6.46. The predicted octanol–water partition coefficient (Wildman–Crippen LogP) is 2.39. The molecule has 1 aliphatic heterocycles. The van der Waals surface area contributed by atoms with E-state index >= 15 is 0 Å². The van der Waals surface area contributed by atoms with E-state index in [1.165, 1.54) is 17.0 Å². The number of carbonyl (C=O) groups excluding carboxylic acids is 2. The van der Waals surface area contributed by atoms with Gasteiger partial charge in [0.2, 0.25) is 0 Å². The molecule has 1 saturated heterocycles. The number of ether oxygens (including phenoxy) is 2. The van der Waals surface area contributed by atoms with Crippen LogP contribution in [0.25, 0.3) is 5.76 Å². The molecule has 0 aromatic heterocycles. The van der Waals surface area contributed by atoms with Crippen LogP contribution in [-0.2, 0) is 14.3 Å². The molecular formula is C24H25NO7. The van der Waals surface area contributed by atoms with Crippen LogP contribution in [0.15, 0.2) is 66.8 Å². The summed E-state index contributed by atoms with van der Waals surface area (Å²) in [4.78, 5) is 27.0. The fourth-order valence-corrected chi connectivity index (χ4v) is 3.46. The van der Waals surface area contributed by atoms with Crippen molar-refractivity contribution in [2.24, 2.45) is 0 Å². The number of aliphatic hydroxyl groups is 2. The van der Waals surface area contributed by atoms with Crippen molar-refractivity contribution >= 4 is 17.4 Å². The second-order valence-electron chi connectivity index (χ2n) is 7.04. The van der Waals surface area contributed by atoms with Crippen LogP contribution < -0.4 is 4.74 Å². The van der Waals surface area contributed by atoms with Crippen molar-refractivity contribution in [3.63, 3.8) is 0 Å². The minimum atomic E-state index is -0.856. The number of rotatable bonds is 10. The Morgan fingerprint density at radius 3 is 2.38 bits per heavy atom. The van der Waals surface area contributed by atoms with Gasteiger partial charge >= 0.3 is 0 Å². The fraction of sp³-hybridized carbons (Fsp3) is 0.250. The molecule has 1 atom stereocenters. The average Bonchev–Trinajstić information content (AvgIpc) is 3.06. The molecular weight excluding hydrogens is 414 g/mol. The highest BCUT2D eigenvalue weighted by Gasteiger charge is 2.45. The maximum atomic E-state index is 12.9. The van der Waals surface area contributed by atoms with Gasteiger partial charge < -0.3 is 29.7 Å². The van der Waals surface area contributed by atoms with Crippen LogP contribution in [0.4, 0.5) is 0 Å². The number of carbonyl (C=O) groups is 2. The second-order valence-corrected chi connectivity index (χ2v) is 7.04. The summed E-state index contributed by atoms with van der Waals surface area (Å²) >= 11 is 0. The van der Waals surface area contributed by atoms with E-state index in [2.05, 4.69) is 6.58 Å². The third-order valence-electron chi connectivity index (χ3n) is 4.96. The Bertz CT molecular complexity index is 996. The number of amides is 1. The lowest BCUT2D eigenvalue weighted by Gasteiger charge is -2.25. The maximum absolute atomic E-state index is 12.9. The van der Waals surface area contributed by atoms with Crippen LogP contribution in [0.3, 0.4) is 0 Å². The highest BCUT2D eigenvalue weighted by atomic mass is 16.5. The van der Waals surface area contributed by atoms with Crippen molar-refractivity contribution in [3.05, 3.63) is 77.9 Å². The first-order valence-electron chi connectivity index (χ1n) is 10.1. The van der Waals surface area contributed by atoms with Crippen molar-refractivity contribution in [2.75, 3.05) is 33.0 Å². The van der Waals surface area contributed by atoms with Crippen LogP contribution >= 0.6 is 0 Å². The van der Waals surface area contributed by atoms with Crippen LogP contribution in [0, 0.1) is 0 Å². The third-order valence-corrected chi connectivity index (χ3v) is 4.96. The number of hydrogen-bond donors (Lipinski definition) is 3. The second kappa shape index (κ2) is 10.6. The first-order valence-corrected chi connectivity index (χ1v) is 10.1. The summed E-state index contributed by atoms with van der Waals surface area (Å²) in [5.41, 5.74) is 0.855. The van der Waals surface area contributed by atoms with E-state index in [0.717, 1.165) is 0 Å². The summed E-state index contributed by atoms with van der Waals surface area (Å²) in [5, 5.41) is 29.5. The normalized spacial score (nSPS) is 17.5. The topological polar surface area (TPSA) is 117 Å². The summed E-state index contributed by atoms with van der Waals surface area (Å²) < 4.78 is 10.7. The molecule has 2 aromatic rings. The SMILES string of the molecule is C=CCOc1ccc(/C(O)=C2/C(=O)C(=O)N(CCOCCO)C2c2ccc(O)cc2)cc1. The Kier molecular flexibility index (Phi) is 7.64. The average molecular weight is 439 g/mol. The Balaban J connectivity index is 2.00. The molecule has 0 saturated carbocycles. The van der Waals surface area contributed by atoms with Crippen LogP contribution in [0.1, 0.15) is 17.2 Å². The summed E-state index contributed by atoms with van der Waals surface area (Å²) in [6.07, 6.45) is 1.61. The molecule has 1 unspecified atom stereocenters. The van der Waals surface area contributed by atoms with Gasteiger partial charge in [0, 0.05) is 12.1 Å². The lowest BCUT2D eigenvalue weighted by Crippen LogP contribution is -2.33. The zero-order valence-electron chi connectivity index (χ0n) is 17.4. The Hall–Kier alpha value is -3.62. The molecule has 3 N–H and O–H groups in total. The van der Waals surface area contributed by atoms with Crippen LogP contribution in [0.5, 0.6) is 11.5 Å². The van der Waals surface area contributed by atoms with Crippen LogP contribution in [0.2, 0.25) is 0 Å². The molecule has 2 aromatic carbocycles. The van der Waals surface area contributed by atoms with Gasteiger partial charge in [-0.15, -0.1) is 0 Å². The highest BCUT2D eigenvalue weighted by Crippen LogP contribution is 2.39. The Morgan fingerprint density at radius 1 is 1.06 bits per heavy atom. The van der Waals surface area contributed by atoms with Crippen molar-refractivity contribution in [1.82, 2.24) is 4.90 Å². The van der Waals surface area contributed by atoms with E-state index in [-0.39, 0.29) is 43.4 Å². The quantitative estimate of drug-likeness (QED) is 0.171. The Morgan fingerprint density at radius 2 is 1.75 bits per heavy atom. The molecule has 1 heterocycles. The number of Topliss-reactive ketones (excluding diaryl/α,β-unsaturated/α-hetero) is 1. The largest absolute Gasteiger partial charge is 0.508 e. The molecule has 0 spiro atoms. The zero-order valence-corrected chi connectivity index (χ0v) is 17.4. The van der Waals surface area contributed by atoms with E-state index in [1.807, 2.05) is 0 Å². The van der Waals surface area contributed by atoms with E-state index in [9.17, 15) is 19.8 Å². The zero-order chi connectivity index (χ0) is 23.1. The van der Waals surface area contributed by atoms with Gasteiger partial charge in [0.1, 0.15) is 23.9 Å². The van der Waals surface area contributed by atoms with Gasteiger partial charge in [0.25, 0.3) is 11.7 Å². The van der Waals surface area contributed by atoms with Crippen molar-refractivity contribution in [3.8, 4) is 11.5 Å². The van der Waals surface area contributed by atoms with Gasteiger partial charge in [-0.3, -0.25) is 9.59 Å². The van der Waals surface area contributed by atoms with Gasteiger partial charge in [-0.2, -0.15) is 0 Å². The molecule has 168 valence electrons. The Labute approximate surface area is 185 Å². The number of ketones is 1. The number of hydrogen-bond acceptors (Lipinski definition) is 7. The lowest BCUT2D eigenvalue weighted by molar-refractivity contribution is -0.140. The predicted molar refractivity (Wildman–Crippen MR) is 117 cm³/mol. The summed E-state index contributed by atoms with van der Waals surface area (Å²) in [6.45, 7) is 4.05. The fourth-order valence-electron chi connectivity index (χ4n) is 3.46. The van der Waals surface area contributed by atoms with Gasteiger partial charge in [-0.1, -0.05) is 24.8 Å². The molecule has 1 amide bonds. The number of phenolic OH excluding ortho intramolecular Hbond substituents is 1.